The summed E-state index contributed by atoms with van der Waals surface area (Å²) in [6.07, 6.45) is 4.18. The van der Waals surface area contributed by atoms with Gasteiger partial charge in [0.25, 0.3) is 6.01 Å². The van der Waals surface area contributed by atoms with Gasteiger partial charge in [0.05, 0.1) is 23.7 Å². The van der Waals surface area contributed by atoms with E-state index in [2.05, 4.69) is 47.8 Å². The molecule has 6 heteroatoms. The van der Waals surface area contributed by atoms with Crippen LogP contribution in [-0.2, 0) is 16.6 Å². The quantitative estimate of drug-likeness (QED) is 0.611. The average molecular weight is 422 g/mol. The van der Waals surface area contributed by atoms with Crippen molar-refractivity contribution in [1.82, 2.24) is 14.9 Å². The van der Waals surface area contributed by atoms with Gasteiger partial charge in [0.1, 0.15) is 6.10 Å². The molecule has 0 radical (unpaired) electrons. The van der Waals surface area contributed by atoms with Crippen LogP contribution in [-0.4, -0.2) is 40.3 Å². The molecule has 1 saturated carbocycles. The van der Waals surface area contributed by atoms with Gasteiger partial charge in [-0.1, -0.05) is 36.4 Å². The van der Waals surface area contributed by atoms with Crippen molar-refractivity contribution in [3.05, 3.63) is 48.5 Å². The van der Waals surface area contributed by atoms with Crippen LogP contribution in [0.15, 0.2) is 48.5 Å². The van der Waals surface area contributed by atoms with Crippen molar-refractivity contribution in [1.29, 1.82) is 0 Å². The second-order valence-corrected chi connectivity index (χ2v) is 8.47. The van der Waals surface area contributed by atoms with Crippen LogP contribution in [0.5, 0.6) is 6.01 Å². The first-order chi connectivity index (χ1) is 15.0. The molecule has 1 aliphatic rings. The minimum Gasteiger partial charge on any atom is -0.461 e. The molecule has 3 aromatic rings. The molecule has 0 aliphatic heterocycles. The van der Waals surface area contributed by atoms with Gasteiger partial charge in [-0.25, -0.2) is 0 Å². The van der Waals surface area contributed by atoms with Crippen molar-refractivity contribution in [3.63, 3.8) is 0 Å². The number of aromatic nitrogens is 2. The van der Waals surface area contributed by atoms with Gasteiger partial charge in [0, 0.05) is 20.0 Å². The molecular formula is C25H31N3O3. The van der Waals surface area contributed by atoms with Gasteiger partial charge in [0.2, 0.25) is 5.91 Å². The van der Waals surface area contributed by atoms with E-state index in [-0.39, 0.29) is 24.2 Å². The molecular weight excluding hydrogens is 390 g/mol. The summed E-state index contributed by atoms with van der Waals surface area (Å²) in [7, 11) is 2.01. The van der Waals surface area contributed by atoms with Gasteiger partial charge in [-0.15, -0.1) is 0 Å². The predicted octanol–water partition coefficient (Wildman–Crippen LogP) is 4.47. The Bertz CT molecular complexity index is 1020. The maximum absolute atomic E-state index is 11.1. The summed E-state index contributed by atoms with van der Waals surface area (Å²) < 4.78 is 14.3. The summed E-state index contributed by atoms with van der Waals surface area (Å²) in [5, 5.41) is 2.86. The Balaban J connectivity index is 1.35. The molecule has 1 aromatic heterocycles. The molecule has 1 N–H and O–H groups in total. The molecule has 6 nitrogen and oxygen atoms in total. The van der Waals surface area contributed by atoms with Crippen molar-refractivity contribution in [2.75, 3.05) is 6.61 Å². The van der Waals surface area contributed by atoms with Crippen molar-refractivity contribution < 1.29 is 14.3 Å². The third-order valence-electron chi connectivity index (χ3n) is 5.87. The molecule has 1 fully saturated rings. The van der Waals surface area contributed by atoms with Crippen LogP contribution in [0.2, 0.25) is 0 Å². The van der Waals surface area contributed by atoms with E-state index >= 15 is 0 Å². The molecule has 164 valence electrons. The number of imidazole rings is 1. The Labute approximate surface area is 183 Å². The summed E-state index contributed by atoms with van der Waals surface area (Å²) in [5.74, 6) is -0.0217. The first-order valence-corrected chi connectivity index (χ1v) is 11.1. The zero-order valence-electron chi connectivity index (χ0n) is 18.5. The summed E-state index contributed by atoms with van der Waals surface area (Å²) in [5.41, 5.74) is 4.38. The summed E-state index contributed by atoms with van der Waals surface area (Å²) in [6, 6.07) is 17.4. The Morgan fingerprint density at radius 1 is 1.10 bits per heavy atom. The van der Waals surface area contributed by atoms with Gasteiger partial charge in [-0.3, -0.25) is 9.36 Å². The second-order valence-electron chi connectivity index (χ2n) is 8.47. The third-order valence-corrected chi connectivity index (χ3v) is 5.87. The highest BCUT2D eigenvalue weighted by atomic mass is 16.5. The van der Waals surface area contributed by atoms with Crippen LogP contribution in [0.3, 0.4) is 0 Å². The van der Waals surface area contributed by atoms with Gasteiger partial charge in [-0.05, 0) is 55.9 Å². The minimum atomic E-state index is -0.0217. The maximum Gasteiger partial charge on any atom is 0.297 e. The average Bonchev–Trinajstić information content (AvgIpc) is 3.08. The van der Waals surface area contributed by atoms with Gasteiger partial charge in [-0.2, -0.15) is 4.98 Å². The minimum absolute atomic E-state index is 0.0217. The van der Waals surface area contributed by atoms with E-state index in [9.17, 15) is 4.79 Å². The number of rotatable bonds is 7. The lowest BCUT2D eigenvalue weighted by atomic mass is 9.95. The second kappa shape index (κ2) is 9.52. The lowest BCUT2D eigenvalue weighted by Crippen LogP contribution is -2.37. The highest BCUT2D eigenvalue weighted by Gasteiger charge is 2.25. The van der Waals surface area contributed by atoms with E-state index in [1.54, 1.807) is 0 Å². The Kier molecular flexibility index (Phi) is 6.56. The number of nitrogens with one attached hydrogen (secondary N) is 1. The molecule has 0 spiro atoms. The topological polar surface area (TPSA) is 65.4 Å². The fraction of sp³-hybridized carbons (Fsp3) is 0.440. The van der Waals surface area contributed by atoms with Crippen LogP contribution < -0.4 is 10.1 Å². The number of fused-ring (bicyclic) bond motifs is 1. The van der Waals surface area contributed by atoms with E-state index < -0.39 is 0 Å². The first kappa shape index (κ1) is 21.4. The van der Waals surface area contributed by atoms with E-state index in [1.165, 1.54) is 18.1 Å². The normalized spacial score (nSPS) is 19.8. The van der Waals surface area contributed by atoms with Crippen molar-refractivity contribution in [2.45, 2.75) is 57.8 Å². The molecule has 31 heavy (non-hydrogen) atoms. The number of amides is 1. The van der Waals surface area contributed by atoms with E-state index in [1.807, 2.05) is 24.6 Å². The molecule has 1 aliphatic carbocycles. The third kappa shape index (κ3) is 5.25. The van der Waals surface area contributed by atoms with E-state index in [4.69, 9.17) is 14.5 Å². The summed E-state index contributed by atoms with van der Waals surface area (Å²) in [4.78, 5) is 15.8. The van der Waals surface area contributed by atoms with Crippen LogP contribution in [0.1, 0.15) is 39.5 Å². The largest absolute Gasteiger partial charge is 0.461 e. The molecule has 0 unspecified atom stereocenters. The van der Waals surface area contributed by atoms with Crippen LogP contribution in [0.4, 0.5) is 0 Å². The molecule has 0 saturated heterocycles. The van der Waals surface area contributed by atoms with Crippen molar-refractivity contribution >= 4 is 16.9 Å². The molecule has 1 atom stereocenters. The zero-order chi connectivity index (χ0) is 21.8. The number of benzene rings is 2. The van der Waals surface area contributed by atoms with Crippen molar-refractivity contribution in [2.24, 2.45) is 7.05 Å². The van der Waals surface area contributed by atoms with E-state index in [0.29, 0.717) is 12.6 Å². The van der Waals surface area contributed by atoms with E-state index in [0.717, 1.165) is 36.7 Å². The number of carbonyl (C=O) groups is 1. The Morgan fingerprint density at radius 2 is 1.81 bits per heavy atom. The van der Waals surface area contributed by atoms with Gasteiger partial charge in [0.15, 0.2) is 0 Å². The standard InChI is InChI=1S/C25H31N3O3/c1-17(26-18(2)29)16-30-21-10-12-22(13-11-21)31-25-27-23-14-9-20(15-24(23)28(25)3)19-7-5-4-6-8-19/h4-9,14-15,17,21-22H,10-13,16H2,1-3H3,(H,26,29)/t17-,21?,22?/m0/s1. The molecule has 4 rings (SSSR count). The van der Waals surface area contributed by atoms with Crippen LogP contribution >= 0.6 is 0 Å². The fourth-order valence-corrected chi connectivity index (χ4v) is 4.22. The van der Waals surface area contributed by atoms with Crippen LogP contribution in [0, 0.1) is 0 Å². The van der Waals surface area contributed by atoms with Gasteiger partial charge >= 0.3 is 0 Å². The number of ether oxygens (including phenoxy) is 2. The monoisotopic (exact) mass is 421 g/mol. The molecule has 0 bridgehead atoms. The first-order valence-electron chi connectivity index (χ1n) is 11.1. The van der Waals surface area contributed by atoms with Gasteiger partial charge < -0.3 is 14.8 Å². The molecule has 2 aromatic carbocycles. The molecule has 1 amide bonds. The highest BCUT2D eigenvalue weighted by molar-refractivity contribution is 5.83. The predicted molar refractivity (Wildman–Crippen MR) is 122 cm³/mol. The number of nitrogens with zero attached hydrogens (tertiary/aromatic N) is 2. The highest BCUT2D eigenvalue weighted by Crippen LogP contribution is 2.29. The number of carbonyl (C=O) groups excluding carboxylic acids is 1. The Morgan fingerprint density at radius 3 is 2.52 bits per heavy atom. The maximum atomic E-state index is 11.1. The van der Waals surface area contributed by atoms with Crippen LogP contribution in [0.25, 0.3) is 22.2 Å². The lowest BCUT2D eigenvalue weighted by molar-refractivity contribution is -0.120. The van der Waals surface area contributed by atoms with Crippen molar-refractivity contribution in [3.8, 4) is 17.1 Å². The molecule has 1 heterocycles. The fourth-order valence-electron chi connectivity index (χ4n) is 4.22. The lowest BCUT2D eigenvalue weighted by Gasteiger charge is -2.29. The number of hydrogen-bond acceptors (Lipinski definition) is 4. The number of aryl methyl sites for hydroxylation is 1. The smallest absolute Gasteiger partial charge is 0.297 e. The summed E-state index contributed by atoms with van der Waals surface area (Å²) in [6.45, 7) is 4.04. The SMILES string of the molecule is CC(=O)N[C@@H](C)COC1CCC(Oc2nc3ccc(-c4ccccc4)cc3n2C)CC1. The Hall–Kier alpha value is -2.86. The zero-order valence-corrected chi connectivity index (χ0v) is 18.5. The number of hydrogen-bond donors (Lipinski definition) is 1. The summed E-state index contributed by atoms with van der Waals surface area (Å²) >= 11 is 0.